The average molecular weight is 256 g/mol. The third kappa shape index (κ3) is 4.60. The van der Waals surface area contributed by atoms with Crippen LogP contribution in [0.4, 0.5) is 0 Å². The van der Waals surface area contributed by atoms with Gasteiger partial charge in [0, 0.05) is 0 Å². The average Bonchev–Trinajstić information content (AvgIpc) is 2.67. The molecule has 0 aromatic carbocycles. The van der Waals surface area contributed by atoms with Crippen molar-refractivity contribution in [2.45, 2.75) is 70.8 Å². The zero-order valence-electron chi connectivity index (χ0n) is 11.9. The number of aliphatic hydroxyl groups is 1. The van der Waals surface area contributed by atoms with Gasteiger partial charge in [-0.25, -0.2) is 0 Å². The molecule has 0 heterocycles. The smallest absolute Gasteiger partial charge is 0.311 e. The van der Waals surface area contributed by atoms with Crippen molar-refractivity contribution in [2.75, 3.05) is 7.11 Å². The Hall–Kier alpha value is -0.570. The monoisotopic (exact) mass is 256 g/mol. The van der Waals surface area contributed by atoms with Crippen molar-refractivity contribution >= 4 is 5.97 Å². The maximum atomic E-state index is 11.8. The van der Waals surface area contributed by atoms with Crippen molar-refractivity contribution in [3.63, 3.8) is 0 Å². The molecule has 0 radical (unpaired) electrons. The number of carbonyl (C=O) groups excluding carboxylic acids is 1. The van der Waals surface area contributed by atoms with Gasteiger partial charge < -0.3 is 9.84 Å². The molecule has 3 heteroatoms. The molecule has 1 rings (SSSR count). The Morgan fingerprint density at radius 2 is 1.89 bits per heavy atom. The van der Waals surface area contributed by atoms with Gasteiger partial charge in [-0.1, -0.05) is 45.4 Å². The minimum Gasteiger partial charge on any atom is -0.469 e. The molecule has 2 unspecified atom stereocenters. The Morgan fingerprint density at radius 1 is 1.28 bits per heavy atom. The molecule has 106 valence electrons. The lowest BCUT2D eigenvalue weighted by atomic mass is 9.83. The van der Waals surface area contributed by atoms with Gasteiger partial charge >= 0.3 is 5.97 Å². The number of carbonyl (C=O) groups is 1. The standard InChI is InChI=1S/C15H28O3/c1-3-4-11-13(15(17)18-2)14(16)12-9-7-5-6-8-10-12/h12-14,16H,3-11H2,1-2H3. The summed E-state index contributed by atoms with van der Waals surface area (Å²) in [5.74, 6) is -0.272. The molecule has 0 aromatic heterocycles. The van der Waals surface area contributed by atoms with E-state index in [1.807, 2.05) is 0 Å². The van der Waals surface area contributed by atoms with Crippen LogP contribution in [-0.2, 0) is 9.53 Å². The quantitative estimate of drug-likeness (QED) is 0.586. The van der Waals surface area contributed by atoms with E-state index in [-0.39, 0.29) is 17.8 Å². The second-order valence-corrected chi connectivity index (χ2v) is 5.51. The Kier molecular flexibility index (Phi) is 7.33. The molecule has 0 saturated heterocycles. The van der Waals surface area contributed by atoms with E-state index >= 15 is 0 Å². The second kappa shape index (κ2) is 8.52. The summed E-state index contributed by atoms with van der Waals surface area (Å²) in [4.78, 5) is 11.8. The van der Waals surface area contributed by atoms with Crippen LogP contribution in [0.1, 0.15) is 64.7 Å². The fourth-order valence-corrected chi connectivity index (χ4v) is 2.98. The molecule has 1 aliphatic carbocycles. The number of unbranched alkanes of at least 4 members (excludes halogenated alkanes) is 1. The molecule has 0 aromatic rings. The predicted octanol–water partition coefficient (Wildman–Crippen LogP) is 3.30. The minimum absolute atomic E-state index is 0.236. The lowest BCUT2D eigenvalue weighted by Crippen LogP contribution is -2.35. The maximum absolute atomic E-state index is 11.8. The van der Waals surface area contributed by atoms with E-state index in [1.54, 1.807) is 0 Å². The molecule has 0 spiro atoms. The summed E-state index contributed by atoms with van der Waals surface area (Å²) in [6.45, 7) is 2.10. The molecule has 0 bridgehead atoms. The largest absolute Gasteiger partial charge is 0.469 e. The fourth-order valence-electron chi connectivity index (χ4n) is 2.98. The molecule has 0 aliphatic heterocycles. The molecule has 1 saturated carbocycles. The van der Waals surface area contributed by atoms with Gasteiger partial charge in [-0.15, -0.1) is 0 Å². The highest BCUT2D eigenvalue weighted by atomic mass is 16.5. The summed E-state index contributed by atoms with van der Waals surface area (Å²) in [5.41, 5.74) is 0. The number of aliphatic hydroxyl groups excluding tert-OH is 1. The first kappa shape index (κ1) is 15.5. The van der Waals surface area contributed by atoms with Crippen molar-refractivity contribution < 1.29 is 14.6 Å². The molecule has 0 amide bonds. The highest BCUT2D eigenvalue weighted by Crippen LogP contribution is 2.30. The predicted molar refractivity (Wildman–Crippen MR) is 72.2 cm³/mol. The molecule has 1 N–H and O–H groups in total. The fraction of sp³-hybridized carbons (Fsp3) is 0.933. The SMILES string of the molecule is CCCCC(C(=O)OC)C(O)C1CCCCCC1. The summed E-state index contributed by atoms with van der Waals surface area (Å²) in [5, 5.41) is 10.5. The zero-order valence-corrected chi connectivity index (χ0v) is 11.9. The van der Waals surface area contributed by atoms with Gasteiger partial charge in [0.1, 0.15) is 0 Å². The Morgan fingerprint density at radius 3 is 2.39 bits per heavy atom. The van der Waals surface area contributed by atoms with Crippen molar-refractivity contribution in [3.05, 3.63) is 0 Å². The van der Waals surface area contributed by atoms with Crippen molar-refractivity contribution in [3.8, 4) is 0 Å². The van der Waals surface area contributed by atoms with E-state index in [0.717, 1.165) is 32.1 Å². The van der Waals surface area contributed by atoms with Crippen LogP contribution in [0.3, 0.4) is 0 Å². The van der Waals surface area contributed by atoms with Gasteiger partial charge in [0.25, 0.3) is 0 Å². The van der Waals surface area contributed by atoms with Gasteiger partial charge in [0.05, 0.1) is 19.1 Å². The Labute approximate surface area is 111 Å². The highest BCUT2D eigenvalue weighted by Gasteiger charge is 2.33. The summed E-state index contributed by atoms with van der Waals surface area (Å²) in [6.07, 6.45) is 9.27. The number of ether oxygens (including phenoxy) is 1. The van der Waals surface area contributed by atoms with E-state index in [0.29, 0.717) is 0 Å². The molecule has 3 nitrogen and oxygen atoms in total. The van der Waals surface area contributed by atoms with Crippen molar-refractivity contribution in [2.24, 2.45) is 11.8 Å². The number of rotatable bonds is 6. The van der Waals surface area contributed by atoms with Gasteiger partial charge in [0.15, 0.2) is 0 Å². The second-order valence-electron chi connectivity index (χ2n) is 5.51. The van der Waals surface area contributed by atoms with Crippen molar-refractivity contribution in [1.82, 2.24) is 0 Å². The molecular weight excluding hydrogens is 228 g/mol. The summed E-state index contributed by atoms with van der Waals surface area (Å²) in [7, 11) is 1.42. The molecule has 2 atom stereocenters. The third-order valence-electron chi connectivity index (χ3n) is 4.17. The maximum Gasteiger partial charge on any atom is 0.311 e. The Balaban J connectivity index is 2.60. The lowest BCUT2D eigenvalue weighted by Gasteiger charge is -2.27. The first-order chi connectivity index (χ1) is 8.70. The highest BCUT2D eigenvalue weighted by molar-refractivity contribution is 5.72. The van der Waals surface area contributed by atoms with Crippen LogP contribution in [0.2, 0.25) is 0 Å². The van der Waals surface area contributed by atoms with E-state index in [2.05, 4.69) is 6.92 Å². The van der Waals surface area contributed by atoms with E-state index in [9.17, 15) is 9.90 Å². The Bertz CT molecular complexity index is 232. The topological polar surface area (TPSA) is 46.5 Å². The summed E-state index contributed by atoms with van der Waals surface area (Å²) in [6, 6.07) is 0. The normalized spacial score (nSPS) is 21.1. The van der Waals surface area contributed by atoms with E-state index in [1.165, 1.54) is 32.8 Å². The molecule has 1 aliphatic rings. The molecule has 1 fully saturated rings. The summed E-state index contributed by atoms with van der Waals surface area (Å²) < 4.78 is 4.85. The number of hydrogen-bond donors (Lipinski definition) is 1. The van der Waals surface area contributed by atoms with Gasteiger partial charge in [-0.3, -0.25) is 4.79 Å². The summed E-state index contributed by atoms with van der Waals surface area (Å²) >= 11 is 0. The molecular formula is C15H28O3. The van der Waals surface area contributed by atoms with Gasteiger partial charge in [-0.2, -0.15) is 0 Å². The van der Waals surface area contributed by atoms with Crippen LogP contribution >= 0.6 is 0 Å². The van der Waals surface area contributed by atoms with Crippen LogP contribution in [0, 0.1) is 11.8 Å². The van der Waals surface area contributed by atoms with Crippen LogP contribution < -0.4 is 0 Å². The van der Waals surface area contributed by atoms with Crippen molar-refractivity contribution in [1.29, 1.82) is 0 Å². The van der Waals surface area contributed by atoms with Crippen LogP contribution in [0.5, 0.6) is 0 Å². The van der Waals surface area contributed by atoms with Gasteiger partial charge in [0.2, 0.25) is 0 Å². The molecule has 18 heavy (non-hydrogen) atoms. The first-order valence-electron chi connectivity index (χ1n) is 7.46. The third-order valence-corrected chi connectivity index (χ3v) is 4.17. The van der Waals surface area contributed by atoms with Crippen LogP contribution in [-0.4, -0.2) is 24.3 Å². The number of methoxy groups -OCH3 is 1. The van der Waals surface area contributed by atoms with Gasteiger partial charge in [-0.05, 0) is 25.2 Å². The van der Waals surface area contributed by atoms with Crippen LogP contribution in [0.15, 0.2) is 0 Å². The van der Waals surface area contributed by atoms with E-state index < -0.39 is 6.10 Å². The lowest BCUT2D eigenvalue weighted by molar-refractivity contribution is -0.151. The van der Waals surface area contributed by atoms with Crippen LogP contribution in [0.25, 0.3) is 0 Å². The first-order valence-corrected chi connectivity index (χ1v) is 7.46. The minimum atomic E-state index is -0.512. The number of hydrogen-bond acceptors (Lipinski definition) is 3. The number of esters is 1. The van der Waals surface area contributed by atoms with E-state index in [4.69, 9.17) is 4.74 Å². The zero-order chi connectivity index (χ0) is 13.4.